The second-order valence-electron chi connectivity index (χ2n) is 2.31. The summed E-state index contributed by atoms with van der Waals surface area (Å²) in [6, 6.07) is 6.67. The van der Waals surface area contributed by atoms with Crippen LogP contribution in [0, 0.1) is 0 Å². The minimum Gasteiger partial charge on any atom is -0.508 e. The van der Waals surface area contributed by atoms with Crippen molar-refractivity contribution >= 4 is 21.4 Å². The van der Waals surface area contributed by atoms with E-state index in [0.717, 1.165) is 10.1 Å². The van der Waals surface area contributed by atoms with Crippen molar-refractivity contribution in [3.05, 3.63) is 24.3 Å². The number of phenolic OH excluding ortho intramolecular Hbond substituents is 1. The van der Waals surface area contributed by atoms with Crippen LogP contribution in [0.3, 0.4) is 0 Å². The third-order valence-corrected chi connectivity index (χ3v) is 2.41. The van der Waals surface area contributed by atoms with Crippen LogP contribution in [0.5, 0.6) is 10.8 Å². The number of rotatable bonds is 0. The van der Waals surface area contributed by atoms with Crippen LogP contribution in [0.1, 0.15) is 0 Å². The van der Waals surface area contributed by atoms with Gasteiger partial charge in [0, 0.05) is 4.70 Å². The van der Waals surface area contributed by atoms with Gasteiger partial charge in [-0.3, -0.25) is 0 Å². The predicted molar refractivity (Wildman–Crippen MR) is 45.2 cm³/mol. The summed E-state index contributed by atoms with van der Waals surface area (Å²) in [5, 5.41) is 19.3. The second kappa shape index (κ2) is 2.13. The van der Waals surface area contributed by atoms with E-state index in [2.05, 4.69) is 0 Å². The fourth-order valence-corrected chi connectivity index (χ4v) is 1.80. The zero-order chi connectivity index (χ0) is 7.84. The number of hydrogen-bond acceptors (Lipinski definition) is 3. The van der Waals surface area contributed by atoms with Crippen molar-refractivity contribution in [2.75, 3.05) is 0 Å². The van der Waals surface area contributed by atoms with Crippen LogP contribution in [-0.4, -0.2) is 10.2 Å². The molecule has 0 amide bonds. The topological polar surface area (TPSA) is 40.5 Å². The van der Waals surface area contributed by atoms with Crippen LogP contribution in [0.15, 0.2) is 24.3 Å². The van der Waals surface area contributed by atoms with Gasteiger partial charge in [-0.1, -0.05) is 11.3 Å². The number of fused-ring (bicyclic) bond motifs is 1. The molecular weight excluding hydrogens is 160 g/mol. The lowest BCUT2D eigenvalue weighted by molar-refractivity contribution is 0.476. The highest BCUT2D eigenvalue weighted by molar-refractivity contribution is 7.20. The van der Waals surface area contributed by atoms with Crippen LogP contribution < -0.4 is 0 Å². The maximum absolute atomic E-state index is 9.08. The van der Waals surface area contributed by atoms with E-state index in [1.165, 1.54) is 11.3 Å². The molecule has 56 valence electrons. The Labute approximate surface area is 67.3 Å². The van der Waals surface area contributed by atoms with Gasteiger partial charge in [0.05, 0.1) is 0 Å². The minimum absolute atomic E-state index is 0.232. The van der Waals surface area contributed by atoms with E-state index in [1.54, 1.807) is 24.3 Å². The average molecular weight is 166 g/mol. The minimum atomic E-state index is 0.232. The van der Waals surface area contributed by atoms with Crippen LogP contribution in [0.2, 0.25) is 0 Å². The number of hydrogen-bond donors (Lipinski definition) is 2. The highest BCUT2D eigenvalue weighted by atomic mass is 32.1. The zero-order valence-corrected chi connectivity index (χ0v) is 6.43. The Morgan fingerprint density at radius 3 is 2.73 bits per heavy atom. The van der Waals surface area contributed by atoms with Crippen molar-refractivity contribution in [1.29, 1.82) is 0 Å². The van der Waals surface area contributed by atoms with Crippen molar-refractivity contribution in [1.82, 2.24) is 0 Å². The predicted octanol–water partition coefficient (Wildman–Crippen LogP) is 2.31. The van der Waals surface area contributed by atoms with Gasteiger partial charge in [0.2, 0.25) is 0 Å². The molecule has 0 saturated heterocycles. The normalized spacial score (nSPS) is 10.5. The first-order chi connectivity index (χ1) is 5.25. The van der Waals surface area contributed by atoms with Crippen LogP contribution in [0.4, 0.5) is 0 Å². The van der Waals surface area contributed by atoms with Crippen molar-refractivity contribution < 1.29 is 10.2 Å². The summed E-state index contributed by atoms with van der Waals surface area (Å²) in [6.07, 6.45) is 0. The molecule has 1 aromatic carbocycles. The monoisotopic (exact) mass is 166 g/mol. The molecule has 0 fully saturated rings. The number of benzene rings is 1. The summed E-state index contributed by atoms with van der Waals surface area (Å²) >= 11 is 1.31. The molecule has 0 saturated carbocycles. The van der Waals surface area contributed by atoms with Crippen molar-refractivity contribution in [2.45, 2.75) is 0 Å². The summed E-state index contributed by atoms with van der Waals surface area (Å²) in [7, 11) is 0. The standard InChI is InChI=1S/C8H6O2S/c9-6-1-2-7-5(3-6)4-8(10)11-7/h1-4,9-10H. The van der Waals surface area contributed by atoms with Gasteiger partial charge in [0.25, 0.3) is 0 Å². The lowest BCUT2D eigenvalue weighted by atomic mass is 10.2. The molecule has 0 bridgehead atoms. The molecule has 0 unspecified atom stereocenters. The van der Waals surface area contributed by atoms with Crippen LogP contribution >= 0.6 is 11.3 Å². The van der Waals surface area contributed by atoms with E-state index >= 15 is 0 Å². The molecule has 0 aliphatic heterocycles. The summed E-state index contributed by atoms with van der Waals surface area (Å²) in [6.45, 7) is 0. The lowest BCUT2D eigenvalue weighted by Gasteiger charge is -1.88. The maximum Gasteiger partial charge on any atom is 0.172 e. The summed E-state index contributed by atoms with van der Waals surface area (Å²) in [5.41, 5.74) is 0. The van der Waals surface area contributed by atoms with Crippen molar-refractivity contribution in [2.24, 2.45) is 0 Å². The molecule has 2 nitrogen and oxygen atoms in total. The SMILES string of the molecule is Oc1ccc2sc(O)cc2c1. The molecule has 1 aromatic heterocycles. The first kappa shape index (κ1) is 6.49. The van der Waals surface area contributed by atoms with Gasteiger partial charge >= 0.3 is 0 Å². The number of phenols is 1. The quantitative estimate of drug-likeness (QED) is 0.630. The molecule has 0 spiro atoms. The molecule has 11 heavy (non-hydrogen) atoms. The van der Waals surface area contributed by atoms with Gasteiger partial charge in [-0.25, -0.2) is 0 Å². The molecule has 0 radical (unpaired) electrons. The van der Waals surface area contributed by atoms with E-state index in [0.29, 0.717) is 0 Å². The second-order valence-corrected chi connectivity index (χ2v) is 3.37. The Morgan fingerprint density at radius 1 is 1.09 bits per heavy atom. The first-order valence-electron chi connectivity index (χ1n) is 3.17. The van der Waals surface area contributed by atoms with Crippen LogP contribution in [-0.2, 0) is 0 Å². The molecule has 1 heterocycles. The van der Waals surface area contributed by atoms with E-state index < -0.39 is 0 Å². The zero-order valence-electron chi connectivity index (χ0n) is 5.61. The fraction of sp³-hybridized carbons (Fsp3) is 0. The molecule has 0 atom stereocenters. The van der Waals surface area contributed by atoms with Crippen LogP contribution in [0.25, 0.3) is 10.1 Å². The highest BCUT2D eigenvalue weighted by Gasteiger charge is 1.99. The molecule has 0 aliphatic carbocycles. The Kier molecular flexibility index (Phi) is 1.26. The Hall–Kier alpha value is -1.22. The number of aromatic hydroxyl groups is 2. The summed E-state index contributed by atoms with van der Waals surface area (Å²) < 4.78 is 0.986. The van der Waals surface area contributed by atoms with Gasteiger partial charge in [-0.2, -0.15) is 0 Å². The van der Waals surface area contributed by atoms with Gasteiger partial charge < -0.3 is 10.2 Å². The summed E-state index contributed by atoms with van der Waals surface area (Å²) in [4.78, 5) is 0. The third-order valence-electron chi connectivity index (χ3n) is 1.49. The Morgan fingerprint density at radius 2 is 1.91 bits per heavy atom. The molecule has 2 aromatic rings. The Bertz CT molecular complexity index is 392. The van der Waals surface area contributed by atoms with E-state index in [4.69, 9.17) is 10.2 Å². The van der Waals surface area contributed by atoms with E-state index in [9.17, 15) is 0 Å². The largest absolute Gasteiger partial charge is 0.508 e. The fourth-order valence-electron chi connectivity index (χ4n) is 1.02. The lowest BCUT2D eigenvalue weighted by Crippen LogP contribution is -1.61. The first-order valence-corrected chi connectivity index (χ1v) is 3.99. The molecular formula is C8H6O2S. The highest BCUT2D eigenvalue weighted by Crippen LogP contribution is 2.32. The van der Waals surface area contributed by atoms with Gasteiger partial charge in [0.15, 0.2) is 5.06 Å². The summed E-state index contributed by atoms with van der Waals surface area (Å²) in [5.74, 6) is 0.232. The average Bonchev–Trinajstić information content (AvgIpc) is 2.27. The molecule has 3 heteroatoms. The van der Waals surface area contributed by atoms with E-state index in [1.807, 2.05) is 0 Å². The molecule has 0 aliphatic rings. The van der Waals surface area contributed by atoms with Gasteiger partial charge in [0.1, 0.15) is 5.75 Å². The van der Waals surface area contributed by atoms with Crippen molar-refractivity contribution in [3.8, 4) is 10.8 Å². The van der Waals surface area contributed by atoms with Crippen molar-refractivity contribution in [3.63, 3.8) is 0 Å². The third kappa shape index (κ3) is 1.03. The van der Waals surface area contributed by atoms with E-state index in [-0.39, 0.29) is 10.8 Å². The maximum atomic E-state index is 9.08. The molecule has 2 N–H and O–H groups in total. The smallest absolute Gasteiger partial charge is 0.172 e. The van der Waals surface area contributed by atoms with Gasteiger partial charge in [-0.05, 0) is 29.7 Å². The van der Waals surface area contributed by atoms with Gasteiger partial charge in [-0.15, -0.1) is 0 Å². The Balaban J connectivity index is 2.82. The molecule has 2 rings (SSSR count). The number of thiophene rings is 1.